The van der Waals surface area contributed by atoms with Crippen LogP contribution >= 0.6 is 0 Å². The standard InChI is InChI=1S/C14H29N/c1-5-14(12(2)3)7-6-10-15(4)11-13-8-9-13/h12-14H,5-11H2,1-4H3. The lowest BCUT2D eigenvalue weighted by molar-refractivity contribution is 0.278. The molecule has 1 nitrogen and oxygen atoms in total. The largest absolute Gasteiger partial charge is 0.306 e. The van der Waals surface area contributed by atoms with Crippen molar-refractivity contribution in [2.24, 2.45) is 17.8 Å². The first-order valence-corrected chi connectivity index (χ1v) is 6.82. The van der Waals surface area contributed by atoms with E-state index in [0.717, 1.165) is 17.8 Å². The van der Waals surface area contributed by atoms with Gasteiger partial charge in [-0.3, -0.25) is 0 Å². The van der Waals surface area contributed by atoms with Crippen molar-refractivity contribution in [3.05, 3.63) is 0 Å². The van der Waals surface area contributed by atoms with Crippen molar-refractivity contribution in [2.45, 2.75) is 52.9 Å². The summed E-state index contributed by atoms with van der Waals surface area (Å²) in [6.07, 6.45) is 7.12. The average Bonchev–Trinajstić information content (AvgIpc) is 2.95. The fraction of sp³-hybridized carbons (Fsp3) is 1.00. The molecule has 1 aliphatic rings. The van der Waals surface area contributed by atoms with Crippen molar-refractivity contribution in [3.63, 3.8) is 0 Å². The summed E-state index contributed by atoms with van der Waals surface area (Å²) in [4.78, 5) is 2.53. The van der Waals surface area contributed by atoms with Crippen LogP contribution in [0.15, 0.2) is 0 Å². The molecule has 1 aliphatic carbocycles. The average molecular weight is 211 g/mol. The Bertz CT molecular complexity index is 161. The quantitative estimate of drug-likeness (QED) is 0.590. The van der Waals surface area contributed by atoms with Gasteiger partial charge in [0.1, 0.15) is 0 Å². The second kappa shape index (κ2) is 6.52. The molecule has 15 heavy (non-hydrogen) atoms. The maximum Gasteiger partial charge on any atom is 0.000661 e. The molecule has 1 fully saturated rings. The number of hydrogen-bond acceptors (Lipinski definition) is 1. The predicted molar refractivity (Wildman–Crippen MR) is 68.1 cm³/mol. The van der Waals surface area contributed by atoms with Crippen LogP contribution in [-0.2, 0) is 0 Å². The van der Waals surface area contributed by atoms with Crippen LogP contribution in [0.25, 0.3) is 0 Å². The Morgan fingerprint density at radius 2 is 1.93 bits per heavy atom. The van der Waals surface area contributed by atoms with Gasteiger partial charge in [-0.2, -0.15) is 0 Å². The molecule has 0 N–H and O–H groups in total. The van der Waals surface area contributed by atoms with E-state index in [0.29, 0.717) is 0 Å². The van der Waals surface area contributed by atoms with Crippen molar-refractivity contribution in [3.8, 4) is 0 Å². The van der Waals surface area contributed by atoms with Gasteiger partial charge in [-0.15, -0.1) is 0 Å². The van der Waals surface area contributed by atoms with Crippen LogP contribution in [0, 0.1) is 17.8 Å². The lowest BCUT2D eigenvalue weighted by Crippen LogP contribution is -2.23. The predicted octanol–water partition coefficient (Wildman–Crippen LogP) is 3.79. The van der Waals surface area contributed by atoms with Gasteiger partial charge in [-0.1, -0.05) is 27.2 Å². The summed E-state index contributed by atoms with van der Waals surface area (Å²) in [5, 5.41) is 0. The summed E-state index contributed by atoms with van der Waals surface area (Å²) in [7, 11) is 2.29. The first-order valence-electron chi connectivity index (χ1n) is 6.82. The Balaban J connectivity index is 2.02. The normalized spacial score (nSPS) is 18.8. The highest BCUT2D eigenvalue weighted by Crippen LogP contribution is 2.29. The Kier molecular flexibility index (Phi) is 5.66. The molecule has 0 aromatic heterocycles. The van der Waals surface area contributed by atoms with E-state index >= 15 is 0 Å². The van der Waals surface area contributed by atoms with E-state index in [4.69, 9.17) is 0 Å². The first-order chi connectivity index (χ1) is 7.13. The van der Waals surface area contributed by atoms with E-state index in [1.807, 2.05) is 0 Å². The molecular weight excluding hydrogens is 182 g/mol. The third-order valence-corrected chi connectivity index (χ3v) is 3.85. The SMILES string of the molecule is CCC(CCCN(C)CC1CC1)C(C)C. The van der Waals surface area contributed by atoms with Crippen LogP contribution < -0.4 is 0 Å². The molecule has 0 radical (unpaired) electrons. The number of hydrogen-bond donors (Lipinski definition) is 0. The zero-order valence-electron chi connectivity index (χ0n) is 11.1. The molecule has 0 spiro atoms. The van der Waals surface area contributed by atoms with Crippen LogP contribution in [0.3, 0.4) is 0 Å². The monoisotopic (exact) mass is 211 g/mol. The zero-order valence-corrected chi connectivity index (χ0v) is 11.1. The van der Waals surface area contributed by atoms with Crippen molar-refractivity contribution in [1.29, 1.82) is 0 Å². The molecule has 1 atom stereocenters. The minimum Gasteiger partial charge on any atom is -0.306 e. The van der Waals surface area contributed by atoms with Gasteiger partial charge in [0.25, 0.3) is 0 Å². The maximum atomic E-state index is 2.53. The highest BCUT2D eigenvalue weighted by atomic mass is 15.1. The van der Waals surface area contributed by atoms with Gasteiger partial charge >= 0.3 is 0 Å². The third-order valence-electron chi connectivity index (χ3n) is 3.85. The van der Waals surface area contributed by atoms with E-state index < -0.39 is 0 Å². The summed E-state index contributed by atoms with van der Waals surface area (Å²) in [5.41, 5.74) is 0. The molecule has 0 heterocycles. The minimum absolute atomic E-state index is 0.865. The van der Waals surface area contributed by atoms with E-state index in [1.165, 1.54) is 45.2 Å². The van der Waals surface area contributed by atoms with Gasteiger partial charge in [-0.05, 0) is 57.0 Å². The summed E-state index contributed by atoms with van der Waals surface area (Å²) in [5.74, 6) is 2.85. The van der Waals surface area contributed by atoms with Crippen molar-refractivity contribution >= 4 is 0 Å². The van der Waals surface area contributed by atoms with Crippen LogP contribution in [0.4, 0.5) is 0 Å². The van der Waals surface area contributed by atoms with Gasteiger partial charge in [0, 0.05) is 6.54 Å². The van der Waals surface area contributed by atoms with Gasteiger partial charge in [-0.25, -0.2) is 0 Å². The Morgan fingerprint density at radius 3 is 2.40 bits per heavy atom. The van der Waals surface area contributed by atoms with Crippen LogP contribution in [0.5, 0.6) is 0 Å². The molecule has 1 rings (SSSR count). The summed E-state index contributed by atoms with van der Waals surface area (Å²) in [6.45, 7) is 9.71. The third kappa shape index (κ3) is 5.55. The molecule has 0 bridgehead atoms. The number of nitrogens with zero attached hydrogens (tertiary/aromatic N) is 1. The summed E-state index contributed by atoms with van der Waals surface area (Å²) < 4.78 is 0. The smallest absolute Gasteiger partial charge is 0.000661 e. The van der Waals surface area contributed by atoms with Crippen LogP contribution in [0.2, 0.25) is 0 Å². The minimum atomic E-state index is 0.865. The van der Waals surface area contributed by atoms with Crippen LogP contribution in [0.1, 0.15) is 52.9 Å². The lowest BCUT2D eigenvalue weighted by Gasteiger charge is -2.21. The van der Waals surface area contributed by atoms with Gasteiger partial charge < -0.3 is 4.90 Å². The number of rotatable bonds is 8. The molecule has 1 saturated carbocycles. The van der Waals surface area contributed by atoms with E-state index in [9.17, 15) is 0 Å². The lowest BCUT2D eigenvalue weighted by atomic mass is 9.89. The zero-order chi connectivity index (χ0) is 11.3. The molecular formula is C14H29N. The molecule has 1 heteroatoms. The fourth-order valence-corrected chi connectivity index (χ4v) is 2.46. The highest BCUT2D eigenvalue weighted by Gasteiger charge is 2.22. The van der Waals surface area contributed by atoms with Crippen molar-refractivity contribution in [1.82, 2.24) is 4.90 Å². The molecule has 0 saturated heterocycles. The van der Waals surface area contributed by atoms with Gasteiger partial charge in [0.05, 0.1) is 0 Å². The second-order valence-corrected chi connectivity index (χ2v) is 5.76. The second-order valence-electron chi connectivity index (χ2n) is 5.76. The summed E-state index contributed by atoms with van der Waals surface area (Å²) in [6, 6.07) is 0. The Labute approximate surface area is 96.2 Å². The molecule has 90 valence electrons. The van der Waals surface area contributed by atoms with Gasteiger partial charge in [0.15, 0.2) is 0 Å². The van der Waals surface area contributed by atoms with Crippen LogP contribution in [-0.4, -0.2) is 25.0 Å². The topological polar surface area (TPSA) is 3.24 Å². The van der Waals surface area contributed by atoms with E-state index in [2.05, 4.69) is 32.7 Å². The molecule has 1 unspecified atom stereocenters. The van der Waals surface area contributed by atoms with Gasteiger partial charge in [0.2, 0.25) is 0 Å². The Hall–Kier alpha value is -0.0400. The van der Waals surface area contributed by atoms with Crippen molar-refractivity contribution < 1.29 is 0 Å². The van der Waals surface area contributed by atoms with Crippen molar-refractivity contribution in [2.75, 3.05) is 20.1 Å². The Morgan fingerprint density at radius 1 is 1.27 bits per heavy atom. The molecule has 0 amide bonds. The maximum absolute atomic E-state index is 2.53. The molecule has 0 aliphatic heterocycles. The fourth-order valence-electron chi connectivity index (χ4n) is 2.46. The summed E-state index contributed by atoms with van der Waals surface area (Å²) >= 11 is 0. The molecule has 0 aromatic carbocycles. The van der Waals surface area contributed by atoms with E-state index in [1.54, 1.807) is 0 Å². The highest BCUT2D eigenvalue weighted by molar-refractivity contribution is 4.76. The van der Waals surface area contributed by atoms with E-state index in [-0.39, 0.29) is 0 Å². The molecule has 0 aromatic rings. The first kappa shape index (κ1) is 13.0.